The zero-order valence-corrected chi connectivity index (χ0v) is 40.7. The lowest BCUT2D eigenvalue weighted by molar-refractivity contribution is 1.02. The zero-order valence-electron chi connectivity index (χ0n) is 39.9. The van der Waals surface area contributed by atoms with Crippen LogP contribution in [-0.2, 0) is 0 Å². The SMILES string of the molecule is N#Cc1c(-n2c3ccccc3c3ccccc32)c(-n2c3ccccc3c3ccccc32)c(C#N)c(-n2c3cc(-c4ccccn4)ccc3c3c4sc5ccccc5c4ccc32)c1-n1c2ccccc2c2ccccc21. The van der Waals surface area contributed by atoms with Crippen molar-refractivity contribution in [2.75, 3.05) is 0 Å². The van der Waals surface area contributed by atoms with E-state index < -0.39 is 0 Å². The van der Waals surface area contributed by atoms with Crippen molar-refractivity contribution in [2.24, 2.45) is 0 Å². The molecule has 7 nitrogen and oxygen atoms in total. The Bertz CT molecular complexity index is 5060. The van der Waals surface area contributed by atoms with Crippen molar-refractivity contribution in [2.45, 2.75) is 0 Å². The standard InChI is InChI=1S/C67H37N7S/c68-38-50-63(71-53-25-8-1-17-41(53)42-18-2-9-26-54(42)71)64(72-55-27-10-3-19-43(55)44-20-4-11-28-56(44)72)51(39-69)66(65(50)73-57-29-12-5-21-45(57)46-22-6-13-30-58(46)73)74-59-35-34-48-47-23-7-14-31-61(47)75-67(48)62(59)49-33-32-40(37-60(49)74)52-24-15-16-36-70-52/h1-37H. The van der Waals surface area contributed by atoms with Crippen LogP contribution in [0.4, 0.5) is 0 Å². The maximum Gasteiger partial charge on any atom is 0.104 e. The molecule has 6 heterocycles. The Labute approximate surface area is 432 Å². The largest absolute Gasteiger partial charge is 0.306 e. The Morgan fingerprint density at radius 2 is 0.720 bits per heavy atom. The van der Waals surface area contributed by atoms with Crippen LogP contribution in [0.25, 0.3) is 141 Å². The van der Waals surface area contributed by atoms with Gasteiger partial charge in [-0.1, -0.05) is 152 Å². The van der Waals surface area contributed by atoms with E-state index in [1.54, 1.807) is 11.3 Å². The van der Waals surface area contributed by atoms with E-state index in [0.717, 1.165) is 103 Å². The number of para-hydroxylation sites is 6. The molecular formula is C67H37N7S. The van der Waals surface area contributed by atoms with Crippen LogP contribution in [0.5, 0.6) is 0 Å². The van der Waals surface area contributed by atoms with E-state index in [9.17, 15) is 10.5 Å². The van der Waals surface area contributed by atoms with Crippen molar-refractivity contribution < 1.29 is 0 Å². The van der Waals surface area contributed by atoms with Crippen LogP contribution in [0.3, 0.4) is 0 Å². The number of benzene rings is 10. The molecule has 0 aliphatic carbocycles. The average molecular weight is 972 g/mol. The summed E-state index contributed by atoms with van der Waals surface area (Å²) >= 11 is 1.79. The van der Waals surface area contributed by atoms with Crippen LogP contribution < -0.4 is 0 Å². The van der Waals surface area contributed by atoms with Gasteiger partial charge in [0.1, 0.15) is 23.3 Å². The number of nitrogens with zero attached hydrogens (tertiary/aromatic N) is 7. The highest BCUT2D eigenvalue weighted by Crippen LogP contribution is 2.50. The van der Waals surface area contributed by atoms with E-state index in [4.69, 9.17) is 4.98 Å². The minimum absolute atomic E-state index is 0.410. The highest BCUT2D eigenvalue weighted by Gasteiger charge is 2.35. The molecule has 0 N–H and O–H groups in total. The first kappa shape index (κ1) is 41.4. The predicted molar refractivity (Wildman–Crippen MR) is 309 cm³/mol. The highest BCUT2D eigenvalue weighted by molar-refractivity contribution is 7.26. The normalized spacial score (nSPS) is 12.0. The fraction of sp³-hybridized carbons (Fsp3) is 0. The molecule has 0 aliphatic heterocycles. The number of hydrogen-bond acceptors (Lipinski definition) is 4. The van der Waals surface area contributed by atoms with Gasteiger partial charge in [-0.05, 0) is 66.7 Å². The average Bonchev–Trinajstić information content (AvgIpc) is 4.29. The molecule has 0 aliphatic rings. The number of hydrogen-bond donors (Lipinski definition) is 0. The number of pyridine rings is 1. The zero-order chi connectivity index (χ0) is 49.5. The van der Waals surface area contributed by atoms with Gasteiger partial charge in [0.05, 0.1) is 72.6 Å². The molecule has 75 heavy (non-hydrogen) atoms. The van der Waals surface area contributed by atoms with Gasteiger partial charge in [0.25, 0.3) is 0 Å². The number of nitriles is 2. The van der Waals surface area contributed by atoms with E-state index in [-0.39, 0.29) is 0 Å². The summed E-state index contributed by atoms with van der Waals surface area (Å²) in [5, 5.41) is 36.2. The minimum Gasteiger partial charge on any atom is -0.306 e. The lowest BCUT2D eigenvalue weighted by atomic mass is 9.98. The Balaban J connectivity index is 1.22. The summed E-state index contributed by atoms with van der Waals surface area (Å²) in [6.07, 6.45) is 1.83. The van der Waals surface area contributed by atoms with Crippen LogP contribution in [0.2, 0.25) is 0 Å². The molecule has 346 valence electrons. The van der Waals surface area contributed by atoms with Crippen LogP contribution in [0, 0.1) is 22.7 Å². The minimum atomic E-state index is 0.410. The van der Waals surface area contributed by atoms with Gasteiger partial charge in [-0.25, -0.2) is 0 Å². The molecule has 16 aromatic rings. The molecule has 8 heteroatoms. The summed E-state index contributed by atoms with van der Waals surface area (Å²) in [6, 6.07) is 82.1. The second-order valence-electron chi connectivity index (χ2n) is 19.2. The highest BCUT2D eigenvalue weighted by atomic mass is 32.1. The summed E-state index contributed by atoms with van der Waals surface area (Å²) in [4.78, 5) is 4.86. The van der Waals surface area contributed by atoms with E-state index in [1.165, 1.54) is 15.5 Å². The first-order chi connectivity index (χ1) is 37.2. The Morgan fingerprint density at radius 1 is 0.333 bits per heavy atom. The lowest BCUT2D eigenvalue weighted by Gasteiger charge is -2.27. The van der Waals surface area contributed by atoms with Crippen LogP contribution >= 0.6 is 11.3 Å². The van der Waals surface area contributed by atoms with Gasteiger partial charge >= 0.3 is 0 Å². The Kier molecular flexibility index (Phi) is 8.62. The molecule has 0 fully saturated rings. The fourth-order valence-electron chi connectivity index (χ4n) is 12.5. The first-order valence-electron chi connectivity index (χ1n) is 25.0. The summed E-state index contributed by atoms with van der Waals surface area (Å²) in [6.45, 7) is 0. The monoisotopic (exact) mass is 971 g/mol. The van der Waals surface area contributed by atoms with Gasteiger partial charge in [0.2, 0.25) is 0 Å². The van der Waals surface area contributed by atoms with Gasteiger partial charge in [-0.2, -0.15) is 10.5 Å². The second-order valence-corrected chi connectivity index (χ2v) is 20.2. The third-order valence-electron chi connectivity index (χ3n) is 15.5. The molecule has 0 amide bonds. The molecule has 0 bridgehead atoms. The Hall–Kier alpha value is -10.3. The number of fused-ring (bicyclic) bond motifs is 16. The summed E-state index contributed by atoms with van der Waals surface area (Å²) < 4.78 is 11.4. The molecule has 0 saturated heterocycles. The molecule has 0 unspecified atom stereocenters. The summed E-state index contributed by atoms with van der Waals surface area (Å²) in [5.41, 5.74) is 12.3. The van der Waals surface area contributed by atoms with Crippen LogP contribution in [0.15, 0.2) is 225 Å². The molecule has 0 saturated carbocycles. The van der Waals surface area contributed by atoms with Crippen molar-refractivity contribution in [1.82, 2.24) is 23.3 Å². The van der Waals surface area contributed by atoms with E-state index in [1.807, 2.05) is 24.4 Å². The number of thiophene rings is 1. The summed E-state index contributed by atoms with van der Waals surface area (Å²) in [7, 11) is 0. The maximum absolute atomic E-state index is 12.8. The van der Waals surface area contributed by atoms with Gasteiger partial charge in [0.15, 0.2) is 0 Å². The van der Waals surface area contributed by atoms with Crippen molar-refractivity contribution in [3.8, 4) is 46.1 Å². The first-order valence-corrected chi connectivity index (χ1v) is 25.8. The molecule has 0 atom stereocenters. The van der Waals surface area contributed by atoms with E-state index in [2.05, 4.69) is 231 Å². The fourth-order valence-corrected chi connectivity index (χ4v) is 13.7. The maximum atomic E-state index is 12.8. The van der Waals surface area contributed by atoms with Gasteiger partial charge in [-0.3, -0.25) is 4.98 Å². The number of aromatic nitrogens is 5. The third-order valence-corrected chi connectivity index (χ3v) is 16.7. The van der Waals surface area contributed by atoms with Crippen molar-refractivity contribution in [3.63, 3.8) is 0 Å². The van der Waals surface area contributed by atoms with Gasteiger partial charge in [-0.15, -0.1) is 11.3 Å². The van der Waals surface area contributed by atoms with Crippen LogP contribution in [0.1, 0.15) is 11.1 Å². The van der Waals surface area contributed by atoms with Gasteiger partial charge < -0.3 is 18.3 Å². The molecule has 0 radical (unpaired) electrons. The molecule has 10 aromatic carbocycles. The van der Waals surface area contributed by atoms with Crippen LogP contribution in [-0.4, -0.2) is 23.3 Å². The predicted octanol–water partition coefficient (Wildman–Crippen LogP) is 17.2. The molecule has 0 spiro atoms. The van der Waals surface area contributed by atoms with Gasteiger partial charge in [0, 0.05) is 75.0 Å². The summed E-state index contributed by atoms with van der Waals surface area (Å²) in [5.74, 6) is 0. The second kappa shape index (κ2) is 15.6. The van der Waals surface area contributed by atoms with E-state index >= 15 is 0 Å². The van der Waals surface area contributed by atoms with Crippen molar-refractivity contribution >= 4 is 119 Å². The third kappa shape index (κ3) is 5.58. The smallest absolute Gasteiger partial charge is 0.104 e. The Morgan fingerprint density at radius 3 is 1.15 bits per heavy atom. The van der Waals surface area contributed by atoms with E-state index in [0.29, 0.717) is 33.9 Å². The lowest BCUT2D eigenvalue weighted by Crippen LogP contribution is -2.16. The molecule has 6 aromatic heterocycles. The number of rotatable bonds is 5. The quantitative estimate of drug-likeness (QED) is 0.172. The van der Waals surface area contributed by atoms with Crippen molar-refractivity contribution in [3.05, 3.63) is 236 Å². The topological polar surface area (TPSA) is 80.2 Å². The molecular weight excluding hydrogens is 935 g/mol. The molecule has 16 rings (SSSR count). The van der Waals surface area contributed by atoms with Crippen molar-refractivity contribution in [1.29, 1.82) is 10.5 Å².